The van der Waals surface area contributed by atoms with E-state index in [1.807, 2.05) is 0 Å². The van der Waals surface area contributed by atoms with E-state index in [1.54, 1.807) is 6.07 Å². The first-order valence-corrected chi connectivity index (χ1v) is 6.86. The Morgan fingerprint density at radius 2 is 2.26 bits per heavy atom. The van der Waals surface area contributed by atoms with Crippen LogP contribution in [0.15, 0.2) is 18.2 Å². The third-order valence-corrected chi connectivity index (χ3v) is 4.06. The normalized spacial score (nSPS) is 21.8. The quantitative estimate of drug-likeness (QED) is 0.926. The summed E-state index contributed by atoms with van der Waals surface area (Å²) in [4.78, 5) is 2.32. The standard InChI is InChI=1S/C14H20ClFN2.ClH/c1-10(17)11-3-2-6-18(8-11)9-12-7-13(16)4-5-14(12)15;/h4-5,7,10-11H,2-3,6,8-9,17H2,1H3;1H. The van der Waals surface area contributed by atoms with E-state index in [0.29, 0.717) is 17.5 Å². The van der Waals surface area contributed by atoms with E-state index < -0.39 is 0 Å². The first-order valence-electron chi connectivity index (χ1n) is 6.48. The van der Waals surface area contributed by atoms with Crippen LogP contribution >= 0.6 is 24.0 Å². The third-order valence-electron chi connectivity index (χ3n) is 3.69. The van der Waals surface area contributed by atoms with E-state index in [2.05, 4.69) is 11.8 Å². The minimum Gasteiger partial charge on any atom is -0.328 e. The van der Waals surface area contributed by atoms with Crippen molar-refractivity contribution in [1.29, 1.82) is 0 Å². The lowest BCUT2D eigenvalue weighted by Gasteiger charge is -2.34. The van der Waals surface area contributed by atoms with Crippen molar-refractivity contribution in [2.45, 2.75) is 32.4 Å². The Bertz CT molecular complexity index is 412. The highest BCUT2D eigenvalue weighted by Gasteiger charge is 2.23. The van der Waals surface area contributed by atoms with Crippen molar-refractivity contribution in [1.82, 2.24) is 4.90 Å². The van der Waals surface area contributed by atoms with Crippen LogP contribution in [0.25, 0.3) is 0 Å². The Labute approximate surface area is 125 Å². The van der Waals surface area contributed by atoms with Gasteiger partial charge in [0.25, 0.3) is 0 Å². The summed E-state index contributed by atoms with van der Waals surface area (Å²) in [7, 11) is 0. The van der Waals surface area contributed by atoms with Crippen molar-refractivity contribution in [2.75, 3.05) is 13.1 Å². The van der Waals surface area contributed by atoms with E-state index >= 15 is 0 Å². The summed E-state index contributed by atoms with van der Waals surface area (Å²) >= 11 is 6.10. The van der Waals surface area contributed by atoms with Gasteiger partial charge in [-0.2, -0.15) is 0 Å². The highest BCUT2D eigenvalue weighted by atomic mass is 35.5. The summed E-state index contributed by atoms with van der Waals surface area (Å²) in [5, 5.41) is 0.638. The summed E-state index contributed by atoms with van der Waals surface area (Å²) < 4.78 is 13.2. The Hall–Kier alpha value is -0.350. The summed E-state index contributed by atoms with van der Waals surface area (Å²) in [6, 6.07) is 4.76. The number of likely N-dealkylation sites (tertiary alicyclic amines) is 1. The number of rotatable bonds is 3. The molecule has 2 rings (SSSR count). The molecule has 0 aromatic heterocycles. The monoisotopic (exact) mass is 306 g/mol. The fourth-order valence-corrected chi connectivity index (χ4v) is 2.75. The van der Waals surface area contributed by atoms with Gasteiger partial charge in [-0.05, 0) is 56.0 Å². The molecule has 19 heavy (non-hydrogen) atoms. The second-order valence-corrected chi connectivity index (χ2v) is 5.64. The van der Waals surface area contributed by atoms with E-state index in [4.69, 9.17) is 17.3 Å². The Morgan fingerprint density at radius 3 is 2.95 bits per heavy atom. The molecule has 2 nitrogen and oxygen atoms in total. The van der Waals surface area contributed by atoms with E-state index in [1.165, 1.54) is 18.6 Å². The molecule has 1 aromatic rings. The van der Waals surface area contributed by atoms with Crippen LogP contribution in [0.5, 0.6) is 0 Å². The first kappa shape index (κ1) is 16.7. The molecule has 1 aliphatic rings. The second-order valence-electron chi connectivity index (χ2n) is 5.23. The average molecular weight is 307 g/mol. The maximum atomic E-state index is 13.2. The molecule has 0 saturated carbocycles. The summed E-state index contributed by atoms with van der Waals surface area (Å²) in [6.45, 7) is 4.78. The second kappa shape index (κ2) is 7.44. The number of hydrogen-bond donors (Lipinski definition) is 1. The summed E-state index contributed by atoms with van der Waals surface area (Å²) in [5.41, 5.74) is 6.83. The van der Waals surface area contributed by atoms with Crippen LogP contribution in [0, 0.1) is 11.7 Å². The minimum absolute atomic E-state index is 0. The van der Waals surface area contributed by atoms with Crippen LogP contribution < -0.4 is 5.73 Å². The molecule has 2 atom stereocenters. The van der Waals surface area contributed by atoms with Gasteiger partial charge in [0.2, 0.25) is 0 Å². The van der Waals surface area contributed by atoms with Crippen molar-refractivity contribution in [3.63, 3.8) is 0 Å². The van der Waals surface area contributed by atoms with Crippen LogP contribution in [0.2, 0.25) is 5.02 Å². The number of nitrogens with zero attached hydrogens (tertiary/aromatic N) is 1. The zero-order valence-corrected chi connectivity index (χ0v) is 12.7. The Kier molecular flexibility index (Phi) is 6.54. The van der Waals surface area contributed by atoms with Crippen molar-refractivity contribution in [3.05, 3.63) is 34.6 Å². The molecule has 0 amide bonds. The van der Waals surface area contributed by atoms with Crippen LogP contribution in [0.4, 0.5) is 4.39 Å². The van der Waals surface area contributed by atoms with Crippen molar-refractivity contribution in [2.24, 2.45) is 11.7 Å². The molecule has 1 fully saturated rings. The van der Waals surface area contributed by atoms with Gasteiger partial charge in [-0.1, -0.05) is 11.6 Å². The maximum Gasteiger partial charge on any atom is 0.123 e. The van der Waals surface area contributed by atoms with Gasteiger partial charge >= 0.3 is 0 Å². The minimum atomic E-state index is -0.227. The molecule has 1 aliphatic heterocycles. The van der Waals surface area contributed by atoms with Gasteiger partial charge in [0.15, 0.2) is 0 Å². The van der Waals surface area contributed by atoms with Gasteiger partial charge < -0.3 is 5.73 Å². The average Bonchev–Trinajstić information content (AvgIpc) is 2.34. The maximum absolute atomic E-state index is 13.2. The number of halogens is 3. The molecule has 0 radical (unpaired) electrons. The van der Waals surface area contributed by atoms with Gasteiger partial charge in [0.05, 0.1) is 0 Å². The van der Waals surface area contributed by atoms with Gasteiger partial charge in [-0.3, -0.25) is 4.90 Å². The molecule has 0 aliphatic carbocycles. The smallest absolute Gasteiger partial charge is 0.123 e. The fourth-order valence-electron chi connectivity index (χ4n) is 2.57. The molecule has 1 saturated heterocycles. The number of hydrogen-bond acceptors (Lipinski definition) is 2. The zero-order valence-electron chi connectivity index (χ0n) is 11.1. The first-order chi connectivity index (χ1) is 8.56. The summed E-state index contributed by atoms with van der Waals surface area (Å²) in [6.07, 6.45) is 2.34. The molecule has 0 spiro atoms. The highest BCUT2D eigenvalue weighted by molar-refractivity contribution is 6.31. The lowest BCUT2D eigenvalue weighted by atomic mass is 9.92. The lowest BCUT2D eigenvalue weighted by molar-refractivity contribution is 0.154. The number of benzene rings is 1. The molecule has 1 aromatic carbocycles. The Morgan fingerprint density at radius 1 is 1.53 bits per heavy atom. The van der Waals surface area contributed by atoms with Gasteiger partial charge in [-0.25, -0.2) is 4.39 Å². The molecule has 0 bridgehead atoms. The van der Waals surface area contributed by atoms with Crippen molar-refractivity contribution in [3.8, 4) is 0 Å². The number of piperidine rings is 1. The molecule has 2 N–H and O–H groups in total. The fraction of sp³-hybridized carbons (Fsp3) is 0.571. The lowest BCUT2D eigenvalue weighted by Crippen LogP contribution is -2.41. The van der Waals surface area contributed by atoms with Crippen LogP contribution in [0.3, 0.4) is 0 Å². The molecular weight excluding hydrogens is 286 g/mol. The van der Waals surface area contributed by atoms with Crippen LogP contribution in [-0.2, 0) is 6.54 Å². The largest absolute Gasteiger partial charge is 0.328 e. The Balaban J connectivity index is 0.00000180. The van der Waals surface area contributed by atoms with Gasteiger partial charge in [0.1, 0.15) is 5.82 Å². The highest BCUT2D eigenvalue weighted by Crippen LogP contribution is 2.23. The van der Waals surface area contributed by atoms with Crippen molar-refractivity contribution < 1.29 is 4.39 Å². The molecule has 2 unspecified atom stereocenters. The SMILES string of the molecule is CC(N)C1CCCN(Cc2cc(F)ccc2Cl)C1.Cl. The van der Waals surface area contributed by atoms with E-state index in [9.17, 15) is 4.39 Å². The molecule has 108 valence electrons. The molecule has 1 heterocycles. The van der Waals surface area contributed by atoms with Gasteiger partial charge in [-0.15, -0.1) is 12.4 Å². The van der Waals surface area contributed by atoms with Crippen LogP contribution in [0.1, 0.15) is 25.3 Å². The van der Waals surface area contributed by atoms with E-state index in [-0.39, 0.29) is 24.3 Å². The summed E-state index contributed by atoms with van der Waals surface area (Å²) in [5.74, 6) is 0.307. The predicted molar refractivity (Wildman–Crippen MR) is 80.3 cm³/mol. The van der Waals surface area contributed by atoms with Crippen molar-refractivity contribution >= 4 is 24.0 Å². The molecular formula is C14H21Cl2FN2. The topological polar surface area (TPSA) is 29.3 Å². The predicted octanol–water partition coefficient (Wildman–Crippen LogP) is 3.46. The zero-order chi connectivity index (χ0) is 13.1. The third kappa shape index (κ3) is 4.60. The van der Waals surface area contributed by atoms with E-state index in [0.717, 1.165) is 25.1 Å². The van der Waals surface area contributed by atoms with Crippen LogP contribution in [-0.4, -0.2) is 24.0 Å². The number of nitrogens with two attached hydrogens (primary N) is 1. The van der Waals surface area contributed by atoms with Gasteiger partial charge in [0, 0.05) is 24.2 Å². The molecule has 5 heteroatoms.